The smallest absolute Gasteiger partial charge is 0.306 e. The molecule has 2 unspecified atom stereocenters. The molecule has 0 amide bonds. The highest BCUT2D eigenvalue weighted by Gasteiger charge is 2.47. The van der Waals surface area contributed by atoms with E-state index in [1.54, 1.807) is 0 Å². The number of carboxylic acid groups (broad SMARTS) is 1. The van der Waals surface area contributed by atoms with Crippen LogP contribution in [0.4, 0.5) is 0 Å². The van der Waals surface area contributed by atoms with E-state index < -0.39 is 5.97 Å². The van der Waals surface area contributed by atoms with Crippen molar-refractivity contribution in [1.82, 2.24) is 5.06 Å². The number of nitrogens with zero attached hydrogens (tertiary/aromatic N) is 1. The van der Waals surface area contributed by atoms with Gasteiger partial charge in [-0.1, -0.05) is 26.7 Å². The summed E-state index contributed by atoms with van der Waals surface area (Å²) in [6.45, 7) is 12.3. The minimum Gasteiger partial charge on any atom is -0.481 e. The normalized spacial score (nSPS) is 25.5. The van der Waals surface area contributed by atoms with Crippen LogP contribution in [0, 0.1) is 17.8 Å². The summed E-state index contributed by atoms with van der Waals surface area (Å²) >= 11 is 0. The van der Waals surface area contributed by atoms with Gasteiger partial charge in [-0.2, -0.15) is 5.06 Å². The predicted octanol–water partition coefficient (Wildman–Crippen LogP) is 4.17. The van der Waals surface area contributed by atoms with E-state index in [1.807, 2.05) is 27.7 Å². The largest absolute Gasteiger partial charge is 0.481 e. The van der Waals surface area contributed by atoms with E-state index in [1.165, 1.54) is 5.06 Å². The average molecular weight is 299 g/mol. The number of hydroxylamine groups is 2. The van der Waals surface area contributed by atoms with Gasteiger partial charge < -0.3 is 10.3 Å². The van der Waals surface area contributed by atoms with E-state index in [0.717, 1.165) is 32.1 Å². The van der Waals surface area contributed by atoms with Gasteiger partial charge in [-0.05, 0) is 58.8 Å². The van der Waals surface area contributed by atoms with Crippen LogP contribution >= 0.6 is 0 Å². The van der Waals surface area contributed by atoms with Crippen molar-refractivity contribution >= 4 is 5.97 Å². The molecule has 2 atom stereocenters. The maximum Gasteiger partial charge on any atom is 0.306 e. The summed E-state index contributed by atoms with van der Waals surface area (Å²) in [5.41, 5.74) is -0.622. The summed E-state index contributed by atoms with van der Waals surface area (Å²) < 4.78 is 0. The second-order valence-electron chi connectivity index (χ2n) is 8.05. The molecule has 0 radical (unpaired) electrons. The van der Waals surface area contributed by atoms with Crippen LogP contribution in [0.5, 0.6) is 0 Å². The monoisotopic (exact) mass is 299 g/mol. The van der Waals surface area contributed by atoms with E-state index >= 15 is 0 Å². The Balaban J connectivity index is 2.90. The minimum absolute atomic E-state index is 0.140. The number of aliphatic carboxylic acids is 1. The zero-order chi connectivity index (χ0) is 16.4. The molecule has 0 aromatic heterocycles. The third-order valence-corrected chi connectivity index (χ3v) is 5.23. The molecule has 1 heterocycles. The number of hydrogen-bond acceptors (Lipinski definition) is 3. The molecule has 0 saturated carbocycles. The first kappa shape index (κ1) is 18.4. The second kappa shape index (κ2) is 6.66. The van der Waals surface area contributed by atoms with Crippen LogP contribution in [-0.4, -0.2) is 32.4 Å². The van der Waals surface area contributed by atoms with Crippen molar-refractivity contribution in [2.24, 2.45) is 17.8 Å². The maximum absolute atomic E-state index is 11.6. The molecule has 0 bridgehead atoms. The van der Waals surface area contributed by atoms with Crippen molar-refractivity contribution in [3.8, 4) is 0 Å². The average Bonchev–Trinajstić information content (AvgIpc) is 2.35. The Morgan fingerprint density at radius 1 is 1.24 bits per heavy atom. The lowest BCUT2D eigenvalue weighted by Crippen LogP contribution is -2.60. The van der Waals surface area contributed by atoms with Gasteiger partial charge in [0.1, 0.15) is 0 Å². The first-order valence-electron chi connectivity index (χ1n) is 8.25. The van der Waals surface area contributed by atoms with Crippen molar-refractivity contribution in [1.29, 1.82) is 0 Å². The molecular weight excluding hydrogens is 266 g/mol. The number of rotatable bonds is 6. The highest BCUT2D eigenvalue weighted by molar-refractivity contribution is 5.70. The molecule has 1 saturated heterocycles. The van der Waals surface area contributed by atoms with E-state index in [2.05, 4.69) is 13.8 Å². The molecule has 4 nitrogen and oxygen atoms in total. The van der Waals surface area contributed by atoms with E-state index in [4.69, 9.17) is 0 Å². The Bertz CT molecular complexity index is 347. The number of carboxylic acids is 1. The number of piperidine rings is 1. The van der Waals surface area contributed by atoms with Crippen molar-refractivity contribution < 1.29 is 15.1 Å². The van der Waals surface area contributed by atoms with Crippen molar-refractivity contribution in [2.45, 2.75) is 84.7 Å². The first-order valence-corrected chi connectivity index (χ1v) is 8.25. The SMILES string of the molecule is CCCCC(C(=O)O)C(C)C1CC(C)(C)N(O)C(C)(C)C1. The Hall–Kier alpha value is -0.610. The Morgan fingerprint density at radius 3 is 2.10 bits per heavy atom. The molecule has 21 heavy (non-hydrogen) atoms. The topological polar surface area (TPSA) is 60.8 Å². The van der Waals surface area contributed by atoms with Crippen molar-refractivity contribution in [3.05, 3.63) is 0 Å². The van der Waals surface area contributed by atoms with Gasteiger partial charge in [-0.3, -0.25) is 4.79 Å². The van der Waals surface area contributed by atoms with Crippen molar-refractivity contribution in [3.63, 3.8) is 0 Å². The molecule has 0 aliphatic carbocycles. The fourth-order valence-corrected chi connectivity index (χ4v) is 4.08. The summed E-state index contributed by atoms with van der Waals surface area (Å²) in [5.74, 6) is -0.470. The van der Waals surface area contributed by atoms with Gasteiger partial charge in [0.2, 0.25) is 0 Å². The third kappa shape index (κ3) is 4.19. The van der Waals surface area contributed by atoms with E-state index in [-0.39, 0.29) is 22.9 Å². The van der Waals surface area contributed by atoms with Crippen LogP contribution in [-0.2, 0) is 4.79 Å². The molecule has 0 aromatic rings. The quantitative estimate of drug-likeness (QED) is 0.772. The Morgan fingerprint density at radius 2 is 1.71 bits per heavy atom. The van der Waals surface area contributed by atoms with Gasteiger partial charge in [0.15, 0.2) is 0 Å². The van der Waals surface area contributed by atoms with Crippen LogP contribution in [0.1, 0.15) is 73.6 Å². The number of carbonyl (C=O) groups is 1. The number of unbranched alkanes of at least 4 members (excludes halogenated alkanes) is 1. The van der Waals surface area contributed by atoms with Gasteiger partial charge in [-0.15, -0.1) is 0 Å². The molecule has 1 aliphatic rings. The zero-order valence-electron chi connectivity index (χ0n) is 14.5. The molecule has 0 spiro atoms. The van der Waals surface area contributed by atoms with Crippen LogP contribution in [0.3, 0.4) is 0 Å². The van der Waals surface area contributed by atoms with Crippen LogP contribution in [0.25, 0.3) is 0 Å². The van der Waals surface area contributed by atoms with Crippen LogP contribution < -0.4 is 0 Å². The van der Waals surface area contributed by atoms with Gasteiger partial charge in [0.05, 0.1) is 5.92 Å². The van der Waals surface area contributed by atoms with E-state index in [9.17, 15) is 15.1 Å². The molecule has 1 rings (SSSR count). The van der Waals surface area contributed by atoms with Gasteiger partial charge >= 0.3 is 5.97 Å². The first-order chi connectivity index (χ1) is 9.53. The molecule has 2 N–H and O–H groups in total. The maximum atomic E-state index is 11.6. The standard InChI is InChI=1S/C17H33NO3/c1-7-8-9-14(15(19)20)12(2)13-10-16(3,4)18(21)17(5,6)11-13/h12-14,21H,7-11H2,1-6H3,(H,19,20). The zero-order valence-corrected chi connectivity index (χ0v) is 14.5. The molecule has 4 heteroatoms. The second-order valence-corrected chi connectivity index (χ2v) is 8.05. The summed E-state index contributed by atoms with van der Waals surface area (Å²) in [6.07, 6.45) is 4.43. The van der Waals surface area contributed by atoms with Crippen LogP contribution in [0.15, 0.2) is 0 Å². The Kier molecular flexibility index (Phi) is 5.84. The Labute approximate surface area is 129 Å². The van der Waals surface area contributed by atoms with Gasteiger partial charge in [-0.25, -0.2) is 0 Å². The minimum atomic E-state index is -0.669. The lowest BCUT2D eigenvalue weighted by molar-refractivity contribution is -0.255. The molecule has 1 aliphatic heterocycles. The van der Waals surface area contributed by atoms with Gasteiger partial charge in [0.25, 0.3) is 0 Å². The van der Waals surface area contributed by atoms with Gasteiger partial charge in [0, 0.05) is 11.1 Å². The molecular formula is C17H33NO3. The van der Waals surface area contributed by atoms with Crippen molar-refractivity contribution in [2.75, 3.05) is 0 Å². The lowest BCUT2D eigenvalue weighted by atomic mass is 9.67. The fraction of sp³-hybridized carbons (Fsp3) is 0.941. The number of hydrogen-bond donors (Lipinski definition) is 2. The summed E-state index contributed by atoms with van der Waals surface area (Å²) in [5, 5.41) is 21.4. The predicted molar refractivity (Wildman–Crippen MR) is 84.3 cm³/mol. The highest BCUT2D eigenvalue weighted by atomic mass is 16.5. The molecule has 124 valence electrons. The highest BCUT2D eigenvalue weighted by Crippen LogP contribution is 2.45. The summed E-state index contributed by atoms with van der Waals surface area (Å²) in [7, 11) is 0. The molecule has 0 aromatic carbocycles. The van der Waals surface area contributed by atoms with Crippen LogP contribution in [0.2, 0.25) is 0 Å². The summed E-state index contributed by atoms with van der Waals surface area (Å²) in [6, 6.07) is 0. The molecule has 1 fully saturated rings. The third-order valence-electron chi connectivity index (χ3n) is 5.23. The fourth-order valence-electron chi connectivity index (χ4n) is 4.08. The lowest BCUT2D eigenvalue weighted by Gasteiger charge is -2.53. The summed E-state index contributed by atoms with van der Waals surface area (Å²) in [4.78, 5) is 11.6. The van der Waals surface area contributed by atoms with E-state index in [0.29, 0.717) is 5.92 Å².